The molecule has 0 aliphatic carbocycles. The van der Waals surface area contributed by atoms with Gasteiger partial charge in [-0.05, 0) is 45.0 Å². The SMILES string of the molecule is Cc1cc2c(n1[C@@H]1O[C@H](COc3ccc4cccnc4c3)[C@H]3OC(C)(C)O[C@H]31)NCN=C2N. The van der Waals surface area contributed by atoms with E-state index in [-0.39, 0.29) is 24.5 Å². The molecule has 2 fully saturated rings. The van der Waals surface area contributed by atoms with E-state index >= 15 is 0 Å². The number of nitrogens with one attached hydrogen (secondary N) is 1. The predicted octanol–water partition coefficient (Wildman–Crippen LogP) is 2.93. The molecule has 0 unspecified atom stereocenters. The van der Waals surface area contributed by atoms with E-state index in [0.29, 0.717) is 19.1 Å². The summed E-state index contributed by atoms with van der Waals surface area (Å²) in [7, 11) is 0. The van der Waals surface area contributed by atoms with Gasteiger partial charge >= 0.3 is 0 Å². The minimum atomic E-state index is -0.711. The normalized spacial score (nSPS) is 27.7. The van der Waals surface area contributed by atoms with Crippen LogP contribution in [0.15, 0.2) is 47.6 Å². The minimum Gasteiger partial charge on any atom is -0.491 e. The van der Waals surface area contributed by atoms with Gasteiger partial charge in [-0.25, -0.2) is 4.99 Å². The smallest absolute Gasteiger partial charge is 0.165 e. The number of aromatic nitrogens is 2. The van der Waals surface area contributed by atoms with Crippen LogP contribution in [0.3, 0.4) is 0 Å². The van der Waals surface area contributed by atoms with Gasteiger partial charge in [0, 0.05) is 23.3 Å². The van der Waals surface area contributed by atoms with Crippen LogP contribution in [0.1, 0.15) is 31.3 Å². The van der Waals surface area contributed by atoms with Crippen LogP contribution in [0, 0.1) is 6.92 Å². The molecular weight excluding hydrogens is 422 g/mol. The lowest BCUT2D eigenvalue weighted by atomic mass is 10.1. The Labute approximate surface area is 191 Å². The number of aliphatic imine (C=N–C) groups is 1. The van der Waals surface area contributed by atoms with E-state index in [0.717, 1.165) is 33.7 Å². The third-order valence-electron chi connectivity index (χ3n) is 6.37. The van der Waals surface area contributed by atoms with Gasteiger partial charge in [0.1, 0.15) is 49.0 Å². The number of rotatable bonds is 4. The summed E-state index contributed by atoms with van der Waals surface area (Å²) in [5.74, 6) is 1.44. The zero-order valence-electron chi connectivity index (χ0n) is 18.8. The van der Waals surface area contributed by atoms with Crippen LogP contribution in [0.25, 0.3) is 10.9 Å². The fraction of sp³-hybridized carbons (Fsp3) is 0.417. The lowest BCUT2D eigenvalue weighted by molar-refractivity contribution is -0.199. The minimum absolute atomic E-state index is 0.268. The van der Waals surface area contributed by atoms with Crippen molar-refractivity contribution in [2.75, 3.05) is 18.6 Å². The van der Waals surface area contributed by atoms with E-state index in [1.54, 1.807) is 6.20 Å². The molecule has 0 bridgehead atoms. The second kappa shape index (κ2) is 7.44. The molecular formula is C24H27N5O4. The Morgan fingerprint density at radius 2 is 2.06 bits per heavy atom. The van der Waals surface area contributed by atoms with Crippen LogP contribution in [-0.2, 0) is 14.2 Å². The van der Waals surface area contributed by atoms with Gasteiger partial charge in [0.05, 0.1) is 11.1 Å². The van der Waals surface area contributed by atoms with Crippen molar-refractivity contribution in [3.63, 3.8) is 0 Å². The molecule has 3 aliphatic rings. The van der Waals surface area contributed by atoms with E-state index in [1.807, 2.05) is 57.2 Å². The third kappa shape index (κ3) is 3.43. The summed E-state index contributed by atoms with van der Waals surface area (Å²) in [5.41, 5.74) is 8.90. The van der Waals surface area contributed by atoms with Crippen LogP contribution in [0.4, 0.5) is 5.82 Å². The summed E-state index contributed by atoms with van der Waals surface area (Å²) in [6.07, 6.45) is 0.525. The number of benzene rings is 1. The number of amidine groups is 1. The molecule has 9 nitrogen and oxygen atoms in total. The highest BCUT2D eigenvalue weighted by atomic mass is 16.8. The summed E-state index contributed by atoms with van der Waals surface area (Å²) in [5, 5.41) is 4.40. The molecule has 2 aromatic heterocycles. The van der Waals surface area contributed by atoms with E-state index in [4.69, 9.17) is 24.7 Å². The van der Waals surface area contributed by atoms with Crippen LogP contribution in [0.2, 0.25) is 0 Å². The zero-order chi connectivity index (χ0) is 22.7. The lowest BCUT2D eigenvalue weighted by Crippen LogP contribution is -2.33. The number of nitrogens with zero attached hydrogens (tertiary/aromatic N) is 3. The highest BCUT2D eigenvalue weighted by Gasteiger charge is 2.56. The number of fused-ring (bicyclic) bond motifs is 3. The Hall–Kier alpha value is -3.14. The number of hydrogen-bond acceptors (Lipinski definition) is 8. The van der Waals surface area contributed by atoms with Gasteiger partial charge in [0.15, 0.2) is 12.0 Å². The van der Waals surface area contributed by atoms with Crippen molar-refractivity contribution < 1.29 is 18.9 Å². The van der Waals surface area contributed by atoms with Gasteiger partial charge in [0.25, 0.3) is 0 Å². The van der Waals surface area contributed by atoms with Crippen molar-refractivity contribution in [2.45, 2.75) is 51.1 Å². The van der Waals surface area contributed by atoms with Gasteiger partial charge in [-0.1, -0.05) is 6.07 Å². The second-order valence-electron chi connectivity index (χ2n) is 9.10. The van der Waals surface area contributed by atoms with E-state index in [9.17, 15) is 0 Å². The van der Waals surface area contributed by atoms with Gasteiger partial charge in [0.2, 0.25) is 0 Å². The first-order valence-corrected chi connectivity index (χ1v) is 11.1. The number of anilines is 1. The van der Waals surface area contributed by atoms with Crippen molar-refractivity contribution >= 4 is 22.6 Å². The average molecular weight is 450 g/mol. The molecule has 6 rings (SSSR count). The Morgan fingerprint density at radius 1 is 1.21 bits per heavy atom. The zero-order valence-corrected chi connectivity index (χ0v) is 18.8. The van der Waals surface area contributed by atoms with Crippen molar-refractivity contribution in [3.05, 3.63) is 53.9 Å². The van der Waals surface area contributed by atoms with Gasteiger partial charge in [-0.3, -0.25) is 4.98 Å². The van der Waals surface area contributed by atoms with Crippen LogP contribution >= 0.6 is 0 Å². The Morgan fingerprint density at radius 3 is 2.94 bits per heavy atom. The molecule has 0 amide bonds. The molecule has 3 aliphatic heterocycles. The highest BCUT2D eigenvalue weighted by molar-refractivity contribution is 6.03. The molecule has 0 radical (unpaired) electrons. The average Bonchev–Trinajstić information content (AvgIpc) is 3.40. The number of hydrogen-bond donors (Lipinski definition) is 2. The molecule has 3 aromatic rings. The number of pyridine rings is 1. The molecule has 5 heterocycles. The molecule has 3 N–H and O–H groups in total. The first-order valence-electron chi connectivity index (χ1n) is 11.1. The summed E-state index contributed by atoms with van der Waals surface area (Å²) in [4.78, 5) is 8.70. The second-order valence-corrected chi connectivity index (χ2v) is 9.10. The highest BCUT2D eigenvalue weighted by Crippen LogP contribution is 2.45. The quantitative estimate of drug-likeness (QED) is 0.631. The lowest BCUT2D eigenvalue weighted by Gasteiger charge is -2.27. The van der Waals surface area contributed by atoms with Crippen molar-refractivity contribution in [1.82, 2.24) is 9.55 Å². The standard InChI is InChI=1S/C24H27N5O4/c1-13-9-16-21(25)27-12-28-22(16)29(13)23-20-19(32-24(2,3)33-20)18(31-23)11-30-15-7-6-14-5-4-8-26-17(14)10-15/h4-10,18-20,23,28H,11-12H2,1-3H3,(H2,25,27)/t18-,19-,20-,23-/m1/s1. The van der Waals surface area contributed by atoms with Crippen LogP contribution in [-0.4, -0.2) is 52.8 Å². The molecule has 1 aromatic carbocycles. The number of ether oxygens (including phenoxy) is 4. The Bertz CT molecular complexity index is 1250. The van der Waals surface area contributed by atoms with E-state index in [2.05, 4.69) is 19.9 Å². The summed E-state index contributed by atoms with van der Waals surface area (Å²) < 4.78 is 27.3. The fourth-order valence-corrected chi connectivity index (χ4v) is 4.96. The summed E-state index contributed by atoms with van der Waals surface area (Å²) >= 11 is 0. The maximum absolute atomic E-state index is 6.51. The van der Waals surface area contributed by atoms with Crippen LogP contribution < -0.4 is 15.8 Å². The van der Waals surface area contributed by atoms with Crippen molar-refractivity contribution in [1.29, 1.82) is 0 Å². The third-order valence-corrected chi connectivity index (χ3v) is 6.37. The molecule has 9 heteroatoms. The van der Waals surface area contributed by atoms with Gasteiger partial charge in [-0.15, -0.1) is 0 Å². The first kappa shape index (κ1) is 20.5. The monoisotopic (exact) mass is 449 g/mol. The molecule has 172 valence electrons. The molecule has 2 saturated heterocycles. The molecule has 0 saturated carbocycles. The van der Waals surface area contributed by atoms with Gasteiger partial charge < -0.3 is 34.6 Å². The fourth-order valence-electron chi connectivity index (χ4n) is 4.96. The van der Waals surface area contributed by atoms with E-state index in [1.165, 1.54) is 0 Å². The predicted molar refractivity (Wildman–Crippen MR) is 123 cm³/mol. The molecule has 33 heavy (non-hydrogen) atoms. The molecule has 0 spiro atoms. The Kier molecular flexibility index (Phi) is 4.62. The van der Waals surface area contributed by atoms with Gasteiger partial charge in [-0.2, -0.15) is 0 Å². The van der Waals surface area contributed by atoms with Crippen molar-refractivity contribution in [3.8, 4) is 5.75 Å². The largest absolute Gasteiger partial charge is 0.491 e. The first-order chi connectivity index (χ1) is 15.9. The maximum atomic E-state index is 6.51. The Balaban J connectivity index is 1.28. The van der Waals surface area contributed by atoms with Crippen molar-refractivity contribution in [2.24, 2.45) is 10.7 Å². The topological polar surface area (TPSA) is 105 Å². The number of nitrogens with two attached hydrogens (primary N) is 1. The van der Waals surface area contributed by atoms with E-state index < -0.39 is 5.79 Å². The molecule has 4 atom stereocenters. The number of aryl methyl sites for hydroxylation is 1. The maximum Gasteiger partial charge on any atom is 0.165 e. The summed E-state index contributed by atoms with van der Waals surface area (Å²) in [6, 6.07) is 11.9. The summed E-state index contributed by atoms with van der Waals surface area (Å²) in [6.45, 7) is 6.63. The van der Waals surface area contributed by atoms with Crippen LogP contribution in [0.5, 0.6) is 5.75 Å².